The number of nitrogens with one attached hydrogen (secondary N) is 4. The number of aryl methyl sites for hydroxylation is 1. The minimum atomic E-state index is -0.206. The van der Waals surface area contributed by atoms with E-state index in [-0.39, 0.29) is 18.4 Å². The van der Waals surface area contributed by atoms with E-state index in [2.05, 4.69) is 31.1 Å². The fraction of sp³-hybridized carbons (Fsp3) is 0.136. The van der Waals surface area contributed by atoms with Crippen molar-refractivity contribution in [2.24, 2.45) is 0 Å². The highest BCUT2D eigenvalue weighted by Gasteiger charge is 2.19. The number of carbonyl (C=O) groups is 2. The van der Waals surface area contributed by atoms with E-state index < -0.39 is 0 Å². The number of H-pyrrole nitrogens is 1. The summed E-state index contributed by atoms with van der Waals surface area (Å²) in [5, 5.41) is 16.0. The zero-order valence-corrected chi connectivity index (χ0v) is 16.7. The van der Waals surface area contributed by atoms with Crippen LogP contribution in [-0.2, 0) is 16.0 Å². The lowest BCUT2D eigenvalue weighted by molar-refractivity contribution is -0.118. The Morgan fingerprint density at radius 2 is 1.84 bits per heavy atom. The summed E-state index contributed by atoms with van der Waals surface area (Å²) in [4.78, 5) is 32.7. The standard InChI is InChI=1S/C22H17N7O3/c30-18-6-3-11-1-4-13(8-14(11)25-18)24-22-20-16(9-23-29-20)27-21(28-22)12-2-5-17-15(7-12)26-19(31)10-32-17/h1-2,4-5,7-9H,3,6,10H2,(H,23,29)(H,25,30)(H,26,31)(H,24,27,28). The van der Waals surface area contributed by atoms with Crippen molar-refractivity contribution in [3.63, 3.8) is 0 Å². The van der Waals surface area contributed by atoms with E-state index >= 15 is 0 Å². The van der Waals surface area contributed by atoms with Gasteiger partial charge in [0.15, 0.2) is 18.2 Å². The van der Waals surface area contributed by atoms with Crippen molar-refractivity contribution in [3.8, 4) is 17.1 Å². The average molecular weight is 427 g/mol. The molecule has 10 nitrogen and oxygen atoms in total. The normalized spacial score (nSPS) is 14.8. The van der Waals surface area contributed by atoms with Crippen LogP contribution in [0.15, 0.2) is 42.6 Å². The van der Waals surface area contributed by atoms with Crippen molar-refractivity contribution in [2.75, 3.05) is 22.6 Å². The summed E-state index contributed by atoms with van der Waals surface area (Å²) < 4.78 is 5.43. The third-order valence-corrected chi connectivity index (χ3v) is 5.44. The summed E-state index contributed by atoms with van der Waals surface area (Å²) >= 11 is 0. The summed E-state index contributed by atoms with van der Waals surface area (Å²) in [5.41, 5.74) is 5.27. The van der Waals surface area contributed by atoms with E-state index in [0.29, 0.717) is 40.5 Å². The topological polar surface area (TPSA) is 134 Å². The van der Waals surface area contributed by atoms with Gasteiger partial charge in [0.25, 0.3) is 5.91 Å². The predicted molar refractivity (Wildman–Crippen MR) is 118 cm³/mol. The molecule has 2 aromatic carbocycles. The number of benzene rings is 2. The number of amides is 2. The SMILES string of the molecule is O=C1CCc2ccc(Nc3nc(-c4ccc5c(c4)NC(=O)CO5)nc4cn[nH]c34)cc2N1. The maximum atomic E-state index is 11.8. The Kier molecular flexibility index (Phi) is 4.03. The van der Waals surface area contributed by atoms with Crippen LogP contribution in [0.25, 0.3) is 22.4 Å². The van der Waals surface area contributed by atoms with Crippen molar-refractivity contribution >= 4 is 45.7 Å². The molecule has 0 spiro atoms. The minimum Gasteiger partial charge on any atom is -0.482 e. The van der Waals surface area contributed by atoms with Gasteiger partial charge in [-0.15, -0.1) is 0 Å². The smallest absolute Gasteiger partial charge is 0.262 e. The van der Waals surface area contributed by atoms with Gasteiger partial charge >= 0.3 is 0 Å². The zero-order chi connectivity index (χ0) is 21.7. The third-order valence-electron chi connectivity index (χ3n) is 5.44. The molecule has 158 valence electrons. The van der Waals surface area contributed by atoms with Crippen LogP contribution in [0, 0.1) is 0 Å². The van der Waals surface area contributed by atoms with Gasteiger partial charge in [-0.25, -0.2) is 9.97 Å². The van der Waals surface area contributed by atoms with Crippen molar-refractivity contribution in [2.45, 2.75) is 12.8 Å². The highest BCUT2D eigenvalue weighted by Crippen LogP contribution is 2.34. The van der Waals surface area contributed by atoms with Crippen molar-refractivity contribution < 1.29 is 14.3 Å². The van der Waals surface area contributed by atoms with Gasteiger partial charge in [-0.3, -0.25) is 14.7 Å². The average Bonchev–Trinajstić information content (AvgIpc) is 3.27. The van der Waals surface area contributed by atoms with Gasteiger partial charge in [0.05, 0.1) is 11.9 Å². The maximum absolute atomic E-state index is 11.8. The van der Waals surface area contributed by atoms with Gasteiger partial charge in [-0.05, 0) is 42.3 Å². The lowest BCUT2D eigenvalue weighted by atomic mass is 10.0. The number of carbonyl (C=O) groups excluding carboxylic acids is 2. The second kappa shape index (κ2) is 7.05. The van der Waals surface area contributed by atoms with Crippen LogP contribution < -0.4 is 20.7 Å². The van der Waals surface area contributed by atoms with Crippen molar-refractivity contribution in [1.82, 2.24) is 20.2 Å². The first kappa shape index (κ1) is 18.3. The number of hydrogen-bond donors (Lipinski definition) is 4. The molecule has 2 aromatic heterocycles. The molecule has 0 saturated carbocycles. The first-order chi connectivity index (χ1) is 15.6. The van der Waals surface area contributed by atoms with Gasteiger partial charge in [-0.2, -0.15) is 5.10 Å². The molecule has 0 saturated heterocycles. The lowest BCUT2D eigenvalue weighted by Gasteiger charge is -2.19. The van der Waals surface area contributed by atoms with E-state index in [0.717, 1.165) is 28.9 Å². The Bertz CT molecular complexity index is 1410. The molecule has 4 heterocycles. The van der Waals surface area contributed by atoms with Crippen LogP contribution in [0.5, 0.6) is 5.75 Å². The number of rotatable bonds is 3. The molecule has 0 fully saturated rings. The third kappa shape index (κ3) is 3.18. The second-order valence-electron chi connectivity index (χ2n) is 7.62. The largest absolute Gasteiger partial charge is 0.482 e. The minimum absolute atomic E-state index is 0.000867. The summed E-state index contributed by atoms with van der Waals surface area (Å²) in [6.07, 6.45) is 2.85. The van der Waals surface area contributed by atoms with Gasteiger partial charge in [0.2, 0.25) is 5.91 Å². The molecular formula is C22H17N7O3. The second-order valence-corrected chi connectivity index (χ2v) is 7.62. The molecule has 0 atom stereocenters. The van der Waals surface area contributed by atoms with Gasteiger partial charge in [-0.1, -0.05) is 6.07 Å². The molecule has 4 aromatic rings. The number of ether oxygens (including phenoxy) is 1. The summed E-state index contributed by atoms with van der Waals surface area (Å²) in [7, 11) is 0. The molecule has 4 N–H and O–H groups in total. The molecule has 0 radical (unpaired) electrons. The van der Waals surface area contributed by atoms with E-state index in [9.17, 15) is 9.59 Å². The highest BCUT2D eigenvalue weighted by atomic mass is 16.5. The van der Waals surface area contributed by atoms with Crippen LogP contribution in [0.4, 0.5) is 22.9 Å². The van der Waals surface area contributed by atoms with Crippen LogP contribution >= 0.6 is 0 Å². The number of anilines is 4. The summed E-state index contributed by atoms with van der Waals surface area (Å²) in [5.74, 6) is 1.42. The Morgan fingerprint density at radius 1 is 0.938 bits per heavy atom. The highest BCUT2D eigenvalue weighted by molar-refractivity contribution is 5.97. The molecule has 2 aliphatic heterocycles. The quantitative estimate of drug-likeness (QED) is 0.395. The zero-order valence-electron chi connectivity index (χ0n) is 16.7. The Hall–Kier alpha value is -4.47. The maximum Gasteiger partial charge on any atom is 0.262 e. The number of nitrogens with zero attached hydrogens (tertiary/aromatic N) is 3. The molecule has 0 unspecified atom stereocenters. The Morgan fingerprint density at radius 3 is 2.78 bits per heavy atom. The first-order valence-corrected chi connectivity index (χ1v) is 10.1. The molecule has 32 heavy (non-hydrogen) atoms. The number of aromatic amines is 1. The summed E-state index contributed by atoms with van der Waals surface area (Å²) in [6, 6.07) is 11.2. The van der Waals surface area contributed by atoms with Gasteiger partial charge in [0, 0.05) is 23.4 Å². The Balaban J connectivity index is 1.39. The van der Waals surface area contributed by atoms with Crippen LogP contribution in [0.2, 0.25) is 0 Å². The molecule has 2 amide bonds. The van der Waals surface area contributed by atoms with Crippen LogP contribution in [0.3, 0.4) is 0 Å². The van der Waals surface area contributed by atoms with Gasteiger partial charge in [0.1, 0.15) is 16.8 Å². The van der Waals surface area contributed by atoms with E-state index in [1.165, 1.54) is 0 Å². The first-order valence-electron chi connectivity index (χ1n) is 10.1. The number of aromatic nitrogens is 4. The lowest BCUT2D eigenvalue weighted by Crippen LogP contribution is -2.25. The summed E-state index contributed by atoms with van der Waals surface area (Å²) in [6.45, 7) is -0.000867. The van der Waals surface area contributed by atoms with Crippen molar-refractivity contribution in [3.05, 3.63) is 48.2 Å². The van der Waals surface area contributed by atoms with E-state index in [4.69, 9.17) is 9.72 Å². The molecule has 0 aliphatic carbocycles. The molecule has 6 rings (SSSR count). The molecule has 0 bridgehead atoms. The monoisotopic (exact) mass is 427 g/mol. The predicted octanol–water partition coefficient (Wildman–Crippen LogP) is 2.98. The number of hydrogen-bond acceptors (Lipinski definition) is 7. The molecule has 10 heteroatoms. The Labute approximate surface area is 181 Å². The fourth-order valence-corrected chi connectivity index (χ4v) is 3.87. The number of fused-ring (bicyclic) bond motifs is 3. The molecule has 2 aliphatic rings. The van der Waals surface area contributed by atoms with Crippen LogP contribution in [-0.4, -0.2) is 38.6 Å². The van der Waals surface area contributed by atoms with E-state index in [1.54, 1.807) is 18.3 Å². The van der Waals surface area contributed by atoms with Gasteiger partial charge < -0.3 is 20.7 Å². The fourth-order valence-electron chi connectivity index (χ4n) is 3.87. The van der Waals surface area contributed by atoms with Crippen LogP contribution in [0.1, 0.15) is 12.0 Å². The van der Waals surface area contributed by atoms with E-state index in [1.807, 2.05) is 24.3 Å². The van der Waals surface area contributed by atoms with Crippen molar-refractivity contribution in [1.29, 1.82) is 0 Å². The molecular weight excluding hydrogens is 410 g/mol.